The van der Waals surface area contributed by atoms with Gasteiger partial charge in [0.2, 0.25) is 0 Å². The van der Waals surface area contributed by atoms with Crippen LogP contribution in [0.3, 0.4) is 0 Å². The largest absolute Gasteiger partial charge is 0.473 e. The van der Waals surface area contributed by atoms with Gasteiger partial charge in [-0.2, -0.15) is 0 Å². The highest BCUT2D eigenvalue weighted by molar-refractivity contribution is 7.15. The predicted molar refractivity (Wildman–Crippen MR) is 113 cm³/mol. The summed E-state index contributed by atoms with van der Waals surface area (Å²) in [4.78, 5) is 19.2. The lowest BCUT2D eigenvalue weighted by Gasteiger charge is -2.39. The normalized spacial score (nSPS) is 18.8. The van der Waals surface area contributed by atoms with Gasteiger partial charge in [-0.1, -0.05) is 37.3 Å². The van der Waals surface area contributed by atoms with Crippen molar-refractivity contribution < 1.29 is 14.3 Å². The van der Waals surface area contributed by atoms with Crippen molar-refractivity contribution in [1.29, 1.82) is 0 Å². The van der Waals surface area contributed by atoms with E-state index in [-0.39, 0.29) is 11.4 Å². The Morgan fingerprint density at radius 2 is 2.18 bits per heavy atom. The molecule has 1 aromatic heterocycles. The van der Waals surface area contributed by atoms with E-state index in [2.05, 4.69) is 62.0 Å². The fourth-order valence-electron chi connectivity index (χ4n) is 3.12. The Morgan fingerprint density at radius 3 is 2.79 bits per heavy atom. The topological polar surface area (TPSA) is 63.7 Å². The van der Waals surface area contributed by atoms with Crippen molar-refractivity contribution in [2.75, 3.05) is 13.1 Å². The predicted octanol–water partition coefficient (Wildman–Crippen LogP) is 4.56. The summed E-state index contributed by atoms with van der Waals surface area (Å²) in [6.07, 6.45) is 8.16. The lowest BCUT2D eigenvalue weighted by Crippen LogP contribution is -2.50. The molecule has 1 N–H and O–H groups in total. The number of nitrogens with zero attached hydrogens (tertiary/aromatic N) is 2. The third kappa shape index (κ3) is 6.34. The minimum Gasteiger partial charge on any atom is -0.473 e. The molecule has 2 rings (SSSR count). The van der Waals surface area contributed by atoms with Gasteiger partial charge in [-0.15, -0.1) is 0 Å². The molecule has 7 heteroatoms. The molecule has 2 heterocycles. The zero-order valence-corrected chi connectivity index (χ0v) is 18.9. The lowest BCUT2D eigenvalue weighted by molar-refractivity contribution is -0.0735. The molecule has 1 fully saturated rings. The van der Waals surface area contributed by atoms with Crippen LogP contribution in [0.1, 0.15) is 64.6 Å². The van der Waals surface area contributed by atoms with E-state index >= 15 is 0 Å². The van der Waals surface area contributed by atoms with Crippen LogP contribution in [0, 0.1) is 5.92 Å². The van der Waals surface area contributed by atoms with Crippen LogP contribution in [-0.4, -0.2) is 40.1 Å². The van der Waals surface area contributed by atoms with E-state index in [4.69, 9.17) is 9.47 Å². The number of nitrogens with one attached hydrogen (secondary N) is 1. The Morgan fingerprint density at radius 1 is 1.46 bits per heavy atom. The summed E-state index contributed by atoms with van der Waals surface area (Å²) in [5.74, 6) is 1.14. The van der Waals surface area contributed by atoms with Crippen molar-refractivity contribution in [1.82, 2.24) is 15.2 Å². The first-order valence-electron chi connectivity index (χ1n) is 9.72. The number of amides is 1. The zero-order valence-electron chi connectivity index (χ0n) is 18.0. The molecule has 0 unspecified atom stereocenters. The number of allylic oxidation sites excluding steroid dienone is 1. The molecule has 1 aliphatic heterocycles. The summed E-state index contributed by atoms with van der Waals surface area (Å²) < 4.78 is 11.7. The summed E-state index contributed by atoms with van der Waals surface area (Å²) in [5.41, 5.74) is -0.415. The van der Waals surface area contributed by atoms with E-state index in [0.717, 1.165) is 12.2 Å². The standard InChI is InChI=1S/C21H33N3O3S/c1-15(2)10-8-9-11-22-18(25)17-12-23-19(28-17)26-14-16-13-24(20(3,4)5)21(6,7)27-16/h8,10,12,14-15H,9,11,13H2,1-7H3,(H,22,25)/b10-8-,16-14?. The van der Waals surface area contributed by atoms with Crippen LogP contribution in [0.5, 0.6) is 5.19 Å². The second-order valence-electron chi connectivity index (χ2n) is 8.71. The van der Waals surface area contributed by atoms with E-state index in [9.17, 15) is 4.79 Å². The third-order valence-electron chi connectivity index (χ3n) is 4.27. The quantitative estimate of drug-likeness (QED) is 0.408. The summed E-state index contributed by atoms with van der Waals surface area (Å²) in [6, 6.07) is 0. The number of ether oxygens (including phenoxy) is 2. The summed E-state index contributed by atoms with van der Waals surface area (Å²) in [5, 5.41) is 3.32. The Kier molecular flexibility index (Phi) is 7.28. The van der Waals surface area contributed by atoms with E-state index < -0.39 is 5.72 Å². The molecule has 0 atom stereocenters. The molecule has 1 aromatic rings. The molecule has 0 spiro atoms. The van der Waals surface area contributed by atoms with Gasteiger partial charge in [0.25, 0.3) is 11.1 Å². The molecule has 0 saturated carbocycles. The number of thiazole rings is 1. The Hall–Kier alpha value is -1.86. The molecule has 28 heavy (non-hydrogen) atoms. The molecule has 6 nitrogen and oxygen atoms in total. The van der Waals surface area contributed by atoms with Gasteiger partial charge in [-0.3, -0.25) is 9.69 Å². The molecule has 0 bridgehead atoms. The van der Waals surface area contributed by atoms with Crippen LogP contribution in [0.15, 0.2) is 30.4 Å². The van der Waals surface area contributed by atoms with Gasteiger partial charge in [-0.05, 0) is 47.0 Å². The first-order valence-corrected chi connectivity index (χ1v) is 10.5. The van der Waals surface area contributed by atoms with E-state index in [1.165, 1.54) is 11.3 Å². The average molecular weight is 408 g/mol. The van der Waals surface area contributed by atoms with Crippen molar-refractivity contribution in [2.24, 2.45) is 5.92 Å². The minimum atomic E-state index is -0.397. The van der Waals surface area contributed by atoms with Gasteiger partial charge < -0.3 is 14.8 Å². The van der Waals surface area contributed by atoms with Crippen LogP contribution in [0.4, 0.5) is 0 Å². The van der Waals surface area contributed by atoms with Gasteiger partial charge >= 0.3 is 0 Å². The molecular weight excluding hydrogens is 374 g/mol. The van der Waals surface area contributed by atoms with Crippen LogP contribution < -0.4 is 10.1 Å². The smallest absolute Gasteiger partial charge is 0.278 e. The second-order valence-corrected chi connectivity index (χ2v) is 9.71. The van der Waals surface area contributed by atoms with Crippen LogP contribution in [0.2, 0.25) is 0 Å². The second kappa shape index (κ2) is 9.09. The van der Waals surface area contributed by atoms with Crippen LogP contribution in [-0.2, 0) is 4.74 Å². The Balaban J connectivity index is 1.88. The SMILES string of the molecule is CC(C)/C=C\CCNC(=O)c1cnc(OC=C2CN(C(C)(C)C)C(C)(C)O2)s1. The highest BCUT2D eigenvalue weighted by Crippen LogP contribution is 2.35. The molecular formula is C21H33N3O3S. The monoisotopic (exact) mass is 407 g/mol. The summed E-state index contributed by atoms with van der Waals surface area (Å²) in [7, 11) is 0. The molecule has 0 radical (unpaired) electrons. The fourth-order valence-corrected chi connectivity index (χ4v) is 3.78. The van der Waals surface area contributed by atoms with Crippen molar-refractivity contribution in [3.05, 3.63) is 35.2 Å². The summed E-state index contributed by atoms with van der Waals surface area (Å²) >= 11 is 1.22. The first kappa shape index (κ1) is 22.4. The van der Waals surface area contributed by atoms with Crippen LogP contribution in [0.25, 0.3) is 0 Å². The van der Waals surface area contributed by atoms with Gasteiger partial charge in [0.05, 0.1) is 12.7 Å². The van der Waals surface area contributed by atoms with Gasteiger partial charge in [0.15, 0.2) is 5.72 Å². The van der Waals surface area contributed by atoms with Gasteiger partial charge in [0, 0.05) is 12.1 Å². The Bertz CT molecular complexity index is 729. The molecule has 156 valence electrons. The highest BCUT2D eigenvalue weighted by atomic mass is 32.1. The number of hydrogen-bond donors (Lipinski definition) is 1. The fraction of sp³-hybridized carbons (Fsp3) is 0.619. The maximum atomic E-state index is 12.2. The number of hydrogen-bond acceptors (Lipinski definition) is 6. The number of rotatable bonds is 7. The van der Waals surface area contributed by atoms with E-state index in [1.54, 1.807) is 12.5 Å². The molecule has 1 saturated heterocycles. The molecule has 0 aromatic carbocycles. The van der Waals surface area contributed by atoms with Gasteiger partial charge in [0.1, 0.15) is 16.9 Å². The maximum absolute atomic E-state index is 12.2. The zero-order chi connectivity index (χ0) is 20.9. The van der Waals surface area contributed by atoms with E-state index in [0.29, 0.717) is 29.1 Å². The van der Waals surface area contributed by atoms with Crippen molar-refractivity contribution >= 4 is 17.2 Å². The third-order valence-corrected chi connectivity index (χ3v) is 5.16. The van der Waals surface area contributed by atoms with Crippen molar-refractivity contribution in [3.63, 3.8) is 0 Å². The molecule has 1 aliphatic rings. The number of carbonyl (C=O) groups excluding carboxylic acids is 1. The van der Waals surface area contributed by atoms with E-state index in [1.807, 2.05) is 13.8 Å². The number of carbonyl (C=O) groups is 1. The first-order chi connectivity index (χ1) is 13.0. The average Bonchev–Trinajstić information content (AvgIpc) is 3.15. The lowest BCUT2D eigenvalue weighted by atomic mass is 10.0. The van der Waals surface area contributed by atoms with Crippen molar-refractivity contribution in [3.8, 4) is 5.19 Å². The number of aromatic nitrogens is 1. The molecule has 0 aliphatic carbocycles. The minimum absolute atomic E-state index is 0.0180. The van der Waals surface area contributed by atoms with Crippen LogP contribution >= 0.6 is 11.3 Å². The highest BCUT2D eigenvalue weighted by Gasteiger charge is 2.43. The maximum Gasteiger partial charge on any atom is 0.278 e. The summed E-state index contributed by atoms with van der Waals surface area (Å²) in [6.45, 7) is 16.1. The Labute approximate surface area is 172 Å². The van der Waals surface area contributed by atoms with Crippen molar-refractivity contribution in [2.45, 2.75) is 66.2 Å². The van der Waals surface area contributed by atoms with Gasteiger partial charge in [-0.25, -0.2) is 4.98 Å². The molecule has 1 amide bonds.